The van der Waals surface area contributed by atoms with Crippen LogP contribution in [-0.4, -0.2) is 59.9 Å². The number of likely N-dealkylation sites (tertiary alicyclic amines) is 1. The number of benzene rings is 1. The van der Waals surface area contributed by atoms with Crippen molar-refractivity contribution in [1.82, 2.24) is 20.4 Å². The molecule has 0 spiro atoms. The number of hydrogen-bond acceptors (Lipinski definition) is 4. The highest BCUT2D eigenvalue weighted by molar-refractivity contribution is 5.81. The molecule has 0 aliphatic carbocycles. The SMILES string of the molecule is O=C(C1CNCCO1)N1CCC(c2cc(Cc3ccccc3)[nH]n2)CC1. The molecule has 6 heteroatoms. The summed E-state index contributed by atoms with van der Waals surface area (Å²) >= 11 is 0. The fourth-order valence-electron chi connectivity index (χ4n) is 3.82. The standard InChI is InChI=1S/C20H26N4O2/c25-20(19-14-21-8-11-26-19)24-9-6-16(7-10-24)18-13-17(22-23-18)12-15-4-2-1-3-5-15/h1-5,13,16,19,21H,6-12,14H2,(H,22,23). The van der Waals surface area contributed by atoms with Crippen LogP contribution in [0.15, 0.2) is 36.4 Å². The third-order valence-corrected chi connectivity index (χ3v) is 5.32. The van der Waals surface area contributed by atoms with Crippen molar-refractivity contribution < 1.29 is 9.53 Å². The van der Waals surface area contributed by atoms with E-state index in [1.165, 1.54) is 5.56 Å². The quantitative estimate of drug-likeness (QED) is 0.877. The first-order valence-corrected chi connectivity index (χ1v) is 9.49. The van der Waals surface area contributed by atoms with Crippen molar-refractivity contribution in [1.29, 1.82) is 0 Å². The number of nitrogens with zero attached hydrogens (tertiary/aromatic N) is 2. The summed E-state index contributed by atoms with van der Waals surface area (Å²) in [6, 6.07) is 12.6. The molecule has 2 saturated heterocycles. The summed E-state index contributed by atoms with van der Waals surface area (Å²) < 4.78 is 5.59. The Morgan fingerprint density at radius 2 is 2.04 bits per heavy atom. The van der Waals surface area contributed by atoms with Crippen LogP contribution in [0.4, 0.5) is 0 Å². The highest BCUT2D eigenvalue weighted by atomic mass is 16.5. The van der Waals surface area contributed by atoms with Crippen LogP contribution in [0.1, 0.15) is 35.7 Å². The molecule has 2 aliphatic rings. The molecule has 6 nitrogen and oxygen atoms in total. The molecule has 2 aliphatic heterocycles. The fourth-order valence-corrected chi connectivity index (χ4v) is 3.82. The Balaban J connectivity index is 1.31. The maximum atomic E-state index is 12.5. The van der Waals surface area contributed by atoms with E-state index in [2.05, 4.69) is 45.8 Å². The van der Waals surface area contributed by atoms with Crippen LogP contribution in [0.2, 0.25) is 0 Å². The van der Waals surface area contributed by atoms with E-state index >= 15 is 0 Å². The summed E-state index contributed by atoms with van der Waals surface area (Å²) in [4.78, 5) is 14.5. The second-order valence-corrected chi connectivity index (χ2v) is 7.14. The van der Waals surface area contributed by atoms with Gasteiger partial charge in [-0.3, -0.25) is 9.89 Å². The number of amides is 1. The van der Waals surface area contributed by atoms with Crippen molar-refractivity contribution in [2.24, 2.45) is 0 Å². The lowest BCUT2D eigenvalue weighted by molar-refractivity contribution is -0.146. The lowest BCUT2D eigenvalue weighted by Gasteiger charge is -2.34. The Hall–Kier alpha value is -2.18. The predicted octanol–water partition coefficient (Wildman–Crippen LogP) is 1.69. The Kier molecular flexibility index (Phi) is 5.32. The van der Waals surface area contributed by atoms with E-state index in [0.29, 0.717) is 19.1 Å². The predicted molar refractivity (Wildman–Crippen MR) is 99.0 cm³/mol. The number of aromatic amines is 1. The van der Waals surface area contributed by atoms with Crippen LogP contribution in [0.25, 0.3) is 0 Å². The van der Waals surface area contributed by atoms with E-state index in [-0.39, 0.29) is 12.0 Å². The van der Waals surface area contributed by atoms with E-state index in [1.807, 2.05) is 11.0 Å². The number of ether oxygens (including phenoxy) is 1. The first-order valence-electron chi connectivity index (χ1n) is 9.49. The van der Waals surface area contributed by atoms with Gasteiger partial charge < -0.3 is 15.0 Å². The van der Waals surface area contributed by atoms with Gasteiger partial charge in [0.25, 0.3) is 5.91 Å². The molecule has 1 amide bonds. The highest BCUT2D eigenvalue weighted by Gasteiger charge is 2.30. The first-order chi connectivity index (χ1) is 12.8. The highest BCUT2D eigenvalue weighted by Crippen LogP contribution is 2.28. The number of nitrogens with one attached hydrogen (secondary N) is 2. The lowest BCUT2D eigenvalue weighted by atomic mass is 9.93. The molecule has 0 saturated carbocycles. The topological polar surface area (TPSA) is 70.2 Å². The Morgan fingerprint density at radius 3 is 2.77 bits per heavy atom. The minimum atomic E-state index is -0.317. The molecule has 1 aromatic carbocycles. The van der Waals surface area contributed by atoms with E-state index in [0.717, 1.165) is 50.3 Å². The Morgan fingerprint density at radius 1 is 1.23 bits per heavy atom. The molecular weight excluding hydrogens is 328 g/mol. The average molecular weight is 354 g/mol. The van der Waals surface area contributed by atoms with Crippen LogP contribution < -0.4 is 5.32 Å². The minimum absolute atomic E-state index is 0.127. The van der Waals surface area contributed by atoms with E-state index in [9.17, 15) is 4.79 Å². The van der Waals surface area contributed by atoms with Crippen LogP contribution in [-0.2, 0) is 16.0 Å². The average Bonchev–Trinajstić information content (AvgIpc) is 3.17. The maximum absolute atomic E-state index is 12.5. The minimum Gasteiger partial charge on any atom is -0.366 e. The molecule has 0 bridgehead atoms. The van der Waals surface area contributed by atoms with E-state index < -0.39 is 0 Å². The van der Waals surface area contributed by atoms with Crippen molar-refractivity contribution in [2.75, 3.05) is 32.8 Å². The van der Waals surface area contributed by atoms with Gasteiger partial charge in [0.15, 0.2) is 0 Å². The first kappa shape index (κ1) is 17.2. The number of carbonyl (C=O) groups excluding carboxylic acids is 1. The molecule has 26 heavy (non-hydrogen) atoms. The van der Waals surface area contributed by atoms with Crippen LogP contribution >= 0.6 is 0 Å². The van der Waals surface area contributed by atoms with E-state index in [4.69, 9.17) is 4.74 Å². The number of carbonyl (C=O) groups is 1. The van der Waals surface area contributed by atoms with Gasteiger partial charge >= 0.3 is 0 Å². The summed E-state index contributed by atoms with van der Waals surface area (Å²) in [5.74, 6) is 0.549. The van der Waals surface area contributed by atoms with Crippen molar-refractivity contribution in [3.05, 3.63) is 53.3 Å². The molecule has 0 radical (unpaired) electrons. The molecule has 2 aromatic rings. The molecule has 2 fully saturated rings. The third kappa shape index (κ3) is 3.97. The Labute approximate surface area is 153 Å². The molecule has 1 atom stereocenters. The van der Waals surface area contributed by atoms with Gasteiger partial charge in [-0.05, 0) is 24.5 Å². The third-order valence-electron chi connectivity index (χ3n) is 5.32. The van der Waals surface area contributed by atoms with Crippen LogP contribution in [0.5, 0.6) is 0 Å². The van der Waals surface area contributed by atoms with Crippen LogP contribution in [0, 0.1) is 0 Å². The summed E-state index contributed by atoms with van der Waals surface area (Å²) in [7, 11) is 0. The summed E-state index contributed by atoms with van der Waals surface area (Å²) in [5, 5.41) is 10.9. The fraction of sp³-hybridized carbons (Fsp3) is 0.500. The zero-order chi connectivity index (χ0) is 17.8. The van der Waals surface area contributed by atoms with E-state index in [1.54, 1.807) is 0 Å². The van der Waals surface area contributed by atoms with Crippen molar-refractivity contribution in [3.8, 4) is 0 Å². The normalized spacial score (nSPS) is 21.7. The number of aromatic nitrogens is 2. The molecular formula is C20H26N4O2. The second-order valence-electron chi connectivity index (χ2n) is 7.14. The van der Waals surface area contributed by atoms with Gasteiger partial charge in [0.2, 0.25) is 0 Å². The molecule has 1 aromatic heterocycles. The van der Waals surface area contributed by atoms with Gasteiger partial charge in [0, 0.05) is 44.2 Å². The maximum Gasteiger partial charge on any atom is 0.253 e. The lowest BCUT2D eigenvalue weighted by Crippen LogP contribution is -2.51. The number of H-pyrrole nitrogens is 1. The zero-order valence-corrected chi connectivity index (χ0v) is 15.0. The second kappa shape index (κ2) is 8.01. The number of rotatable bonds is 4. The number of morpholine rings is 1. The molecule has 4 rings (SSSR count). The largest absolute Gasteiger partial charge is 0.366 e. The summed E-state index contributed by atoms with van der Waals surface area (Å²) in [6.07, 6.45) is 2.48. The van der Waals surface area contributed by atoms with Crippen LogP contribution in [0.3, 0.4) is 0 Å². The number of hydrogen-bond donors (Lipinski definition) is 2. The smallest absolute Gasteiger partial charge is 0.253 e. The van der Waals surface area contributed by atoms with Gasteiger partial charge in [-0.1, -0.05) is 30.3 Å². The molecule has 3 heterocycles. The summed E-state index contributed by atoms with van der Waals surface area (Å²) in [6.45, 7) is 3.64. The van der Waals surface area contributed by atoms with Crippen molar-refractivity contribution >= 4 is 5.91 Å². The molecule has 138 valence electrons. The van der Waals surface area contributed by atoms with Crippen molar-refractivity contribution in [3.63, 3.8) is 0 Å². The monoisotopic (exact) mass is 354 g/mol. The van der Waals surface area contributed by atoms with Gasteiger partial charge in [-0.15, -0.1) is 0 Å². The zero-order valence-electron chi connectivity index (χ0n) is 15.0. The van der Waals surface area contributed by atoms with Gasteiger partial charge in [0.1, 0.15) is 6.10 Å². The molecule has 2 N–H and O–H groups in total. The van der Waals surface area contributed by atoms with Crippen molar-refractivity contribution in [2.45, 2.75) is 31.3 Å². The van der Waals surface area contributed by atoms with Gasteiger partial charge in [-0.25, -0.2) is 0 Å². The number of piperidine rings is 1. The molecule has 1 unspecified atom stereocenters. The Bertz CT molecular complexity index is 716. The van der Waals surface area contributed by atoms with Gasteiger partial charge in [0.05, 0.1) is 12.3 Å². The summed E-state index contributed by atoms with van der Waals surface area (Å²) in [5.41, 5.74) is 3.55. The van der Waals surface area contributed by atoms with Gasteiger partial charge in [-0.2, -0.15) is 5.10 Å².